The van der Waals surface area contributed by atoms with Gasteiger partial charge < -0.3 is 5.73 Å². The van der Waals surface area contributed by atoms with Gasteiger partial charge in [-0.3, -0.25) is 0 Å². The lowest BCUT2D eigenvalue weighted by Crippen LogP contribution is -1.82. The lowest BCUT2D eigenvalue weighted by Gasteiger charge is -1.96. The van der Waals surface area contributed by atoms with Crippen molar-refractivity contribution in [2.24, 2.45) is 0 Å². The number of hydrogen-bond acceptors (Lipinski definition) is 1. The van der Waals surface area contributed by atoms with E-state index in [-0.39, 0.29) is 0 Å². The Balaban J connectivity index is 0. The topological polar surface area (TPSA) is 26.0 Å². The Morgan fingerprint density at radius 2 is 0.909 bits per heavy atom. The van der Waals surface area contributed by atoms with E-state index >= 15 is 0 Å². The molecule has 2 N–H and O–H groups in total. The van der Waals surface area contributed by atoms with Crippen LogP contribution in [0.25, 0.3) is 12.2 Å². The van der Waals surface area contributed by atoms with Gasteiger partial charge in [0, 0.05) is 5.69 Å². The van der Waals surface area contributed by atoms with E-state index in [9.17, 15) is 0 Å². The van der Waals surface area contributed by atoms with Gasteiger partial charge in [0.15, 0.2) is 0 Å². The van der Waals surface area contributed by atoms with E-state index in [1.54, 1.807) is 0 Å². The molecule has 0 radical (unpaired) electrons. The summed E-state index contributed by atoms with van der Waals surface area (Å²) >= 11 is 0. The van der Waals surface area contributed by atoms with Gasteiger partial charge in [0.05, 0.1) is 0 Å². The molecule has 0 aliphatic rings. The van der Waals surface area contributed by atoms with Crippen molar-refractivity contribution in [2.45, 2.75) is 48.5 Å². The van der Waals surface area contributed by atoms with Crippen LogP contribution in [0.4, 0.5) is 5.69 Å². The van der Waals surface area contributed by atoms with E-state index < -0.39 is 0 Å². The van der Waals surface area contributed by atoms with Crippen LogP contribution in [0.15, 0.2) is 48.5 Å². The van der Waals surface area contributed by atoms with Crippen molar-refractivity contribution in [3.8, 4) is 0 Å². The molecular formula is C21H33N. The first-order valence-corrected chi connectivity index (χ1v) is 8.34. The van der Waals surface area contributed by atoms with Gasteiger partial charge in [0.25, 0.3) is 0 Å². The van der Waals surface area contributed by atoms with Crippen molar-refractivity contribution >= 4 is 17.8 Å². The summed E-state index contributed by atoms with van der Waals surface area (Å²) in [6.07, 6.45) is 4.19. The normalized spacial score (nSPS) is 8.68. The molecule has 0 saturated carbocycles. The maximum absolute atomic E-state index is 5.63. The van der Waals surface area contributed by atoms with Crippen molar-refractivity contribution in [3.63, 3.8) is 0 Å². The lowest BCUT2D eigenvalue weighted by molar-refractivity contribution is 1.46. The number of nitrogens with two attached hydrogens (primary N) is 1. The fourth-order valence-electron chi connectivity index (χ4n) is 1.48. The standard InChI is InChI=1S/C15H15N.3C2H6/c1-12-2-4-13(5-3-12)6-7-14-8-10-15(16)11-9-14;3*1-2/h2-11H,16H2,1H3;3*1-2H3/b7-6+;;;. The zero-order chi connectivity index (χ0) is 17.4. The highest BCUT2D eigenvalue weighted by Gasteiger charge is 1.88. The van der Waals surface area contributed by atoms with Crippen molar-refractivity contribution in [1.82, 2.24) is 0 Å². The summed E-state index contributed by atoms with van der Waals surface area (Å²) in [7, 11) is 0. The van der Waals surface area contributed by atoms with Gasteiger partial charge in [-0.05, 0) is 30.2 Å². The number of aryl methyl sites for hydroxylation is 1. The van der Waals surface area contributed by atoms with E-state index in [2.05, 4.69) is 43.3 Å². The summed E-state index contributed by atoms with van der Waals surface area (Å²) in [5.74, 6) is 0. The Labute approximate surface area is 137 Å². The SMILES string of the molecule is CC.CC.CC.Cc1ccc(/C=C/c2ccc(N)cc2)cc1. The van der Waals surface area contributed by atoms with Crippen molar-refractivity contribution in [3.05, 3.63) is 65.2 Å². The quantitative estimate of drug-likeness (QED) is 0.477. The van der Waals surface area contributed by atoms with Gasteiger partial charge in [-0.15, -0.1) is 0 Å². The molecule has 1 nitrogen and oxygen atoms in total. The summed E-state index contributed by atoms with van der Waals surface area (Å²) in [6, 6.07) is 16.3. The number of benzene rings is 2. The van der Waals surface area contributed by atoms with Crippen LogP contribution in [0.2, 0.25) is 0 Å². The van der Waals surface area contributed by atoms with E-state index in [0.29, 0.717) is 0 Å². The lowest BCUT2D eigenvalue weighted by atomic mass is 10.1. The molecule has 122 valence electrons. The fourth-order valence-corrected chi connectivity index (χ4v) is 1.48. The maximum atomic E-state index is 5.63. The largest absolute Gasteiger partial charge is 0.399 e. The smallest absolute Gasteiger partial charge is 0.0314 e. The van der Waals surface area contributed by atoms with Crippen molar-refractivity contribution in [1.29, 1.82) is 0 Å². The van der Waals surface area contributed by atoms with Crippen molar-refractivity contribution < 1.29 is 0 Å². The number of anilines is 1. The molecule has 0 aliphatic carbocycles. The molecule has 0 unspecified atom stereocenters. The van der Waals surface area contributed by atoms with Gasteiger partial charge in [-0.1, -0.05) is 95.7 Å². The van der Waals surface area contributed by atoms with Crippen LogP contribution < -0.4 is 5.73 Å². The highest BCUT2D eigenvalue weighted by atomic mass is 14.5. The van der Waals surface area contributed by atoms with Crippen LogP contribution in [0.3, 0.4) is 0 Å². The molecule has 22 heavy (non-hydrogen) atoms. The monoisotopic (exact) mass is 299 g/mol. The molecule has 0 amide bonds. The average molecular weight is 300 g/mol. The third-order valence-electron chi connectivity index (χ3n) is 2.48. The second-order valence-corrected chi connectivity index (χ2v) is 3.91. The number of hydrogen-bond donors (Lipinski definition) is 1. The summed E-state index contributed by atoms with van der Waals surface area (Å²) < 4.78 is 0. The van der Waals surface area contributed by atoms with Gasteiger partial charge in [0.2, 0.25) is 0 Å². The first-order chi connectivity index (χ1) is 10.7. The maximum Gasteiger partial charge on any atom is 0.0314 e. The molecule has 0 atom stereocenters. The molecule has 0 bridgehead atoms. The van der Waals surface area contributed by atoms with E-state index in [1.165, 1.54) is 11.1 Å². The van der Waals surface area contributed by atoms with Crippen LogP contribution in [0, 0.1) is 6.92 Å². The minimum Gasteiger partial charge on any atom is -0.399 e. The molecule has 2 rings (SSSR count). The predicted octanol–water partition coefficient (Wildman–Crippen LogP) is 6.83. The molecule has 2 aromatic carbocycles. The Kier molecular flexibility index (Phi) is 15.6. The van der Waals surface area contributed by atoms with Gasteiger partial charge >= 0.3 is 0 Å². The second-order valence-electron chi connectivity index (χ2n) is 3.91. The Hall–Kier alpha value is -2.02. The minimum absolute atomic E-state index is 0.799. The van der Waals surface area contributed by atoms with Gasteiger partial charge in [-0.25, -0.2) is 0 Å². The molecule has 2 aromatic rings. The average Bonchev–Trinajstić information content (AvgIpc) is 2.61. The predicted molar refractivity (Wildman–Crippen MR) is 105 cm³/mol. The zero-order valence-corrected chi connectivity index (χ0v) is 15.4. The summed E-state index contributed by atoms with van der Waals surface area (Å²) in [5.41, 5.74) is 10.1. The third kappa shape index (κ3) is 9.82. The molecule has 0 heterocycles. The molecule has 0 aromatic heterocycles. The molecule has 1 heteroatoms. The second kappa shape index (κ2) is 15.4. The van der Waals surface area contributed by atoms with E-state index in [1.807, 2.05) is 65.8 Å². The Morgan fingerprint density at radius 1 is 0.591 bits per heavy atom. The molecule has 0 saturated heterocycles. The van der Waals surface area contributed by atoms with Crippen LogP contribution in [0.5, 0.6) is 0 Å². The molecule has 0 spiro atoms. The first kappa shape index (κ1) is 22.3. The van der Waals surface area contributed by atoms with Crippen molar-refractivity contribution in [2.75, 3.05) is 5.73 Å². The van der Waals surface area contributed by atoms with Gasteiger partial charge in [-0.2, -0.15) is 0 Å². The first-order valence-electron chi connectivity index (χ1n) is 8.34. The van der Waals surface area contributed by atoms with Crippen LogP contribution in [-0.2, 0) is 0 Å². The Morgan fingerprint density at radius 3 is 1.27 bits per heavy atom. The Bertz CT molecular complexity index is 431. The highest BCUT2D eigenvalue weighted by molar-refractivity contribution is 5.70. The van der Waals surface area contributed by atoms with E-state index in [4.69, 9.17) is 5.73 Å². The molecule has 0 aliphatic heterocycles. The fraction of sp³-hybridized carbons (Fsp3) is 0.333. The zero-order valence-electron chi connectivity index (χ0n) is 15.4. The third-order valence-corrected chi connectivity index (χ3v) is 2.48. The number of nitrogen functional groups attached to an aromatic ring is 1. The summed E-state index contributed by atoms with van der Waals surface area (Å²) in [6.45, 7) is 14.1. The van der Waals surface area contributed by atoms with Crippen LogP contribution in [0.1, 0.15) is 58.2 Å². The molecule has 0 fully saturated rings. The van der Waals surface area contributed by atoms with Gasteiger partial charge in [0.1, 0.15) is 0 Å². The summed E-state index contributed by atoms with van der Waals surface area (Å²) in [4.78, 5) is 0. The molecular weight excluding hydrogens is 266 g/mol. The number of rotatable bonds is 2. The minimum atomic E-state index is 0.799. The highest BCUT2D eigenvalue weighted by Crippen LogP contribution is 2.11. The van der Waals surface area contributed by atoms with Crippen LogP contribution >= 0.6 is 0 Å². The van der Waals surface area contributed by atoms with E-state index in [0.717, 1.165) is 11.3 Å². The summed E-state index contributed by atoms with van der Waals surface area (Å²) in [5, 5.41) is 0. The van der Waals surface area contributed by atoms with Crippen LogP contribution in [-0.4, -0.2) is 0 Å².